The summed E-state index contributed by atoms with van der Waals surface area (Å²) in [5.74, 6) is 1.000. The summed E-state index contributed by atoms with van der Waals surface area (Å²) in [5.41, 5.74) is 0.940. The number of aromatic nitrogens is 2. The fourth-order valence-corrected chi connectivity index (χ4v) is 3.34. The summed E-state index contributed by atoms with van der Waals surface area (Å²) < 4.78 is 18.9. The molecule has 2 unspecified atom stereocenters. The minimum Gasteiger partial charge on any atom is -0.481 e. The summed E-state index contributed by atoms with van der Waals surface area (Å²) >= 11 is 5.80. The predicted molar refractivity (Wildman–Crippen MR) is 92.0 cm³/mol. The Kier molecular flexibility index (Phi) is 5.16. The van der Waals surface area contributed by atoms with Crippen molar-refractivity contribution in [3.63, 3.8) is 0 Å². The van der Waals surface area contributed by atoms with Crippen LogP contribution in [0.1, 0.15) is 18.0 Å². The van der Waals surface area contributed by atoms with Gasteiger partial charge in [-0.25, -0.2) is 9.37 Å². The van der Waals surface area contributed by atoms with Crippen molar-refractivity contribution in [3.05, 3.63) is 46.9 Å². The molecule has 1 aliphatic rings. The molecule has 1 N–H and O–H groups in total. The van der Waals surface area contributed by atoms with E-state index in [4.69, 9.17) is 16.3 Å². The summed E-state index contributed by atoms with van der Waals surface area (Å²) in [6, 6.07) is 6.88. The molecule has 0 saturated carbocycles. The Morgan fingerprint density at radius 3 is 3.00 bits per heavy atom. The Hall–Kier alpha value is -1.92. The molecule has 2 atom stereocenters. The van der Waals surface area contributed by atoms with Crippen molar-refractivity contribution < 1.29 is 9.13 Å². The molecule has 24 heavy (non-hydrogen) atoms. The van der Waals surface area contributed by atoms with Crippen LogP contribution in [0.2, 0.25) is 5.02 Å². The molecular weight excluding hydrogens is 331 g/mol. The van der Waals surface area contributed by atoms with E-state index < -0.39 is 0 Å². The zero-order valence-electron chi connectivity index (χ0n) is 13.7. The van der Waals surface area contributed by atoms with Crippen molar-refractivity contribution in [2.45, 2.75) is 12.5 Å². The molecule has 5 nitrogen and oxygen atoms in total. The minimum absolute atomic E-state index is 0.134. The van der Waals surface area contributed by atoms with Crippen LogP contribution in [-0.2, 0) is 0 Å². The second kappa shape index (κ2) is 7.32. The number of nitrogens with one attached hydrogen (secondary N) is 1. The molecule has 1 fully saturated rings. The summed E-state index contributed by atoms with van der Waals surface area (Å²) in [4.78, 5) is 10.7. The molecule has 2 aromatic rings. The van der Waals surface area contributed by atoms with Gasteiger partial charge in [0.15, 0.2) is 0 Å². The molecule has 1 aromatic heterocycles. The second-order valence-electron chi connectivity index (χ2n) is 5.95. The number of benzene rings is 1. The molecule has 128 valence electrons. The Bertz CT molecular complexity index is 715. The fraction of sp³-hybridized carbons (Fsp3) is 0.412. The van der Waals surface area contributed by atoms with Gasteiger partial charge in [-0.2, -0.15) is 4.98 Å². The smallest absolute Gasteiger partial charge is 0.225 e. The summed E-state index contributed by atoms with van der Waals surface area (Å²) in [6.45, 7) is 1.66. The van der Waals surface area contributed by atoms with E-state index in [0.29, 0.717) is 24.3 Å². The maximum Gasteiger partial charge on any atom is 0.225 e. The van der Waals surface area contributed by atoms with E-state index in [0.717, 1.165) is 18.5 Å². The lowest BCUT2D eigenvalue weighted by molar-refractivity contribution is 0.281. The molecule has 0 spiro atoms. The Morgan fingerprint density at radius 1 is 1.42 bits per heavy atom. The third-order valence-electron chi connectivity index (χ3n) is 4.42. The highest BCUT2D eigenvalue weighted by molar-refractivity contribution is 6.30. The van der Waals surface area contributed by atoms with Gasteiger partial charge in [-0.3, -0.25) is 4.90 Å². The highest BCUT2D eigenvalue weighted by Gasteiger charge is 2.33. The number of ether oxygens (including phenoxy) is 1. The van der Waals surface area contributed by atoms with Gasteiger partial charge in [0.25, 0.3) is 0 Å². The number of likely N-dealkylation sites (tertiary alicyclic amines) is 1. The van der Waals surface area contributed by atoms with E-state index in [1.165, 1.54) is 6.07 Å². The fourth-order valence-electron chi connectivity index (χ4n) is 3.23. The topological polar surface area (TPSA) is 50.3 Å². The van der Waals surface area contributed by atoms with E-state index in [1.807, 2.05) is 6.07 Å². The van der Waals surface area contributed by atoms with Crippen LogP contribution >= 0.6 is 11.6 Å². The third kappa shape index (κ3) is 3.60. The number of rotatable bonds is 5. The van der Waals surface area contributed by atoms with Crippen LogP contribution in [0.15, 0.2) is 30.5 Å². The van der Waals surface area contributed by atoms with E-state index in [9.17, 15) is 4.39 Å². The maximum absolute atomic E-state index is 13.8. The van der Waals surface area contributed by atoms with Crippen LogP contribution in [0.3, 0.4) is 0 Å². The first kappa shape index (κ1) is 16.9. The lowest BCUT2D eigenvalue weighted by Gasteiger charge is -2.26. The second-order valence-corrected chi connectivity index (χ2v) is 6.36. The molecule has 1 aromatic carbocycles. The van der Waals surface area contributed by atoms with Gasteiger partial charge in [-0.05, 0) is 43.6 Å². The van der Waals surface area contributed by atoms with Gasteiger partial charge >= 0.3 is 0 Å². The van der Waals surface area contributed by atoms with Crippen molar-refractivity contribution >= 4 is 17.5 Å². The Morgan fingerprint density at radius 2 is 2.25 bits per heavy atom. The molecule has 0 bridgehead atoms. The monoisotopic (exact) mass is 350 g/mol. The van der Waals surface area contributed by atoms with Crippen LogP contribution < -0.4 is 10.1 Å². The summed E-state index contributed by atoms with van der Waals surface area (Å²) in [7, 11) is 3.63. The minimum atomic E-state index is -0.377. The molecule has 1 saturated heterocycles. The van der Waals surface area contributed by atoms with E-state index in [2.05, 4.69) is 27.2 Å². The Balaban J connectivity index is 1.73. The first-order valence-corrected chi connectivity index (χ1v) is 8.22. The molecule has 0 amide bonds. The number of methoxy groups -OCH3 is 1. The van der Waals surface area contributed by atoms with Crippen LogP contribution in [0, 0.1) is 11.7 Å². The number of nitrogens with zero attached hydrogens (tertiary/aromatic N) is 3. The number of halogens is 2. The van der Waals surface area contributed by atoms with Crippen LogP contribution in [0.4, 0.5) is 10.3 Å². The lowest BCUT2D eigenvalue weighted by Crippen LogP contribution is -2.25. The molecular formula is C17H20ClFN4O. The zero-order valence-corrected chi connectivity index (χ0v) is 14.4. The van der Waals surface area contributed by atoms with Gasteiger partial charge in [0, 0.05) is 24.8 Å². The number of hydrogen-bond donors (Lipinski definition) is 1. The quantitative estimate of drug-likeness (QED) is 0.895. The highest BCUT2D eigenvalue weighted by Crippen LogP contribution is 2.37. The predicted octanol–water partition coefficient (Wildman–Crippen LogP) is 3.38. The van der Waals surface area contributed by atoms with Crippen molar-refractivity contribution in [3.8, 4) is 5.88 Å². The zero-order chi connectivity index (χ0) is 17.1. The van der Waals surface area contributed by atoms with E-state index in [-0.39, 0.29) is 16.9 Å². The van der Waals surface area contributed by atoms with Gasteiger partial charge in [-0.15, -0.1) is 0 Å². The standard InChI is InChI=1S/C17H20ClFN4O/c1-23-8-6-12(10-21-17-20-7-5-15(22-17)24-2)16(23)11-3-4-13(18)14(19)9-11/h3-5,7,9,12,16H,6,8,10H2,1-2H3,(H,20,21,22). The molecule has 1 aliphatic heterocycles. The van der Waals surface area contributed by atoms with Crippen molar-refractivity contribution in [2.75, 3.05) is 32.6 Å². The maximum atomic E-state index is 13.8. The summed E-state index contributed by atoms with van der Waals surface area (Å²) in [6.07, 6.45) is 2.67. The SMILES string of the molecule is COc1ccnc(NCC2CCN(C)C2c2ccc(Cl)c(F)c2)n1. The summed E-state index contributed by atoms with van der Waals surface area (Å²) in [5, 5.41) is 3.41. The molecule has 3 rings (SSSR count). The van der Waals surface area contributed by atoms with Crippen molar-refractivity contribution in [1.82, 2.24) is 14.9 Å². The first-order chi connectivity index (χ1) is 11.6. The van der Waals surface area contributed by atoms with Gasteiger partial charge in [0.1, 0.15) is 5.82 Å². The number of anilines is 1. The average molecular weight is 351 g/mol. The van der Waals surface area contributed by atoms with E-state index in [1.54, 1.807) is 25.4 Å². The van der Waals surface area contributed by atoms with Gasteiger partial charge in [-0.1, -0.05) is 17.7 Å². The van der Waals surface area contributed by atoms with Gasteiger partial charge < -0.3 is 10.1 Å². The van der Waals surface area contributed by atoms with Crippen LogP contribution in [0.25, 0.3) is 0 Å². The number of hydrogen-bond acceptors (Lipinski definition) is 5. The van der Waals surface area contributed by atoms with Crippen molar-refractivity contribution in [1.29, 1.82) is 0 Å². The molecule has 7 heteroatoms. The largest absolute Gasteiger partial charge is 0.481 e. The average Bonchev–Trinajstić information content (AvgIpc) is 2.96. The molecule has 2 heterocycles. The third-order valence-corrected chi connectivity index (χ3v) is 4.73. The van der Waals surface area contributed by atoms with E-state index >= 15 is 0 Å². The normalized spacial score (nSPS) is 21.0. The Labute approximate surface area is 145 Å². The van der Waals surface area contributed by atoms with Crippen LogP contribution in [0.5, 0.6) is 5.88 Å². The van der Waals surface area contributed by atoms with Crippen molar-refractivity contribution in [2.24, 2.45) is 5.92 Å². The first-order valence-electron chi connectivity index (χ1n) is 7.84. The van der Waals surface area contributed by atoms with Gasteiger partial charge in [0.2, 0.25) is 11.8 Å². The lowest BCUT2D eigenvalue weighted by atomic mass is 9.93. The molecule has 0 aliphatic carbocycles. The van der Waals surface area contributed by atoms with Gasteiger partial charge in [0.05, 0.1) is 12.1 Å². The highest BCUT2D eigenvalue weighted by atomic mass is 35.5. The van der Waals surface area contributed by atoms with Crippen LogP contribution in [-0.4, -0.2) is 42.1 Å². The molecule has 0 radical (unpaired) electrons.